The van der Waals surface area contributed by atoms with Crippen LogP contribution in [0.1, 0.15) is 62.3 Å². The number of rotatable bonds is 2. The summed E-state index contributed by atoms with van der Waals surface area (Å²) in [5.74, 6) is 1.82. The van der Waals surface area contributed by atoms with Crippen LogP contribution in [0.4, 0.5) is 0 Å². The van der Waals surface area contributed by atoms with Gasteiger partial charge in [0.25, 0.3) is 0 Å². The zero-order chi connectivity index (χ0) is 21.4. The third-order valence-electron chi connectivity index (χ3n) is 2.13. The quantitative estimate of drug-likeness (QED) is 0.494. The van der Waals surface area contributed by atoms with Crippen LogP contribution in [0, 0.1) is 11.8 Å². The Morgan fingerprint density at radius 2 is 0.963 bits per heavy atom. The number of phenols is 1. The van der Waals surface area contributed by atoms with Crippen LogP contribution in [0.25, 0.3) is 0 Å². The van der Waals surface area contributed by atoms with E-state index < -0.39 is 0 Å². The van der Waals surface area contributed by atoms with E-state index in [1.165, 1.54) is 24.3 Å². The van der Waals surface area contributed by atoms with Crippen molar-refractivity contribution in [3.05, 3.63) is 65.7 Å². The topological polar surface area (TPSA) is 54.4 Å². The van der Waals surface area contributed by atoms with E-state index in [4.69, 9.17) is 5.11 Å². The molecular weight excluding hydrogens is 376 g/mol. The first-order valence-electron chi connectivity index (χ1n) is 8.78. The Bertz CT molecular complexity index is 625. The van der Waals surface area contributed by atoms with Gasteiger partial charge < -0.3 is 5.11 Å². The molecule has 0 aliphatic heterocycles. The highest BCUT2D eigenvalue weighted by atomic mass is 32.1. The molecule has 0 aliphatic carbocycles. The highest BCUT2D eigenvalue weighted by Crippen LogP contribution is 2.10. The van der Waals surface area contributed by atoms with Gasteiger partial charge in [-0.1, -0.05) is 71.9 Å². The standard InChI is InChI=1S/C7H6O2S.C7H6OS.2C4H10/c8-6-3-1-5(2-4-6)7(9)10;8-7(9)6-4-2-1-3-5-6;2*1-4(2)3/h1-4,8H,(H,9,10);1-5H,(H,8,9);2*4H,1-3H3. The van der Waals surface area contributed by atoms with E-state index in [2.05, 4.69) is 66.8 Å². The Balaban J connectivity index is 0. The molecule has 0 bridgehead atoms. The lowest BCUT2D eigenvalue weighted by atomic mass is 10.2. The number of carbonyl (C=O) groups is 2. The number of aromatic hydroxyl groups is 1. The van der Waals surface area contributed by atoms with Crippen LogP contribution in [0.15, 0.2) is 54.6 Å². The molecule has 0 aromatic heterocycles. The molecule has 5 heteroatoms. The average molecular weight is 409 g/mol. The molecular formula is C22H32O3S2. The fourth-order valence-electron chi connectivity index (χ4n) is 1.18. The normalized spacial score (nSPS) is 9.11. The summed E-state index contributed by atoms with van der Waals surface area (Å²) in [7, 11) is 0. The van der Waals surface area contributed by atoms with E-state index in [1.54, 1.807) is 12.1 Å². The lowest BCUT2D eigenvalue weighted by Crippen LogP contribution is -1.85. The molecule has 1 N–H and O–H groups in total. The minimum Gasteiger partial charge on any atom is -0.508 e. The molecule has 2 aromatic rings. The van der Waals surface area contributed by atoms with Crippen molar-refractivity contribution in [2.75, 3.05) is 0 Å². The average Bonchev–Trinajstić information content (AvgIpc) is 2.55. The number of hydrogen-bond acceptors (Lipinski definition) is 3. The van der Waals surface area contributed by atoms with Gasteiger partial charge in [0, 0.05) is 11.1 Å². The fraction of sp³-hybridized carbons (Fsp3) is 0.364. The summed E-state index contributed by atoms with van der Waals surface area (Å²) in [5.41, 5.74) is 1.13. The molecule has 0 saturated carbocycles. The fourth-order valence-corrected chi connectivity index (χ4v) is 1.48. The molecule has 0 atom stereocenters. The third kappa shape index (κ3) is 20.4. The zero-order valence-electron chi connectivity index (χ0n) is 17.0. The molecule has 0 heterocycles. The number of thiol groups is 2. The Morgan fingerprint density at radius 1 is 0.667 bits per heavy atom. The van der Waals surface area contributed by atoms with E-state index in [9.17, 15) is 9.59 Å². The predicted molar refractivity (Wildman–Crippen MR) is 122 cm³/mol. The zero-order valence-corrected chi connectivity index (χ0v) is 18.8. The van der Waals surface area contributed by atoms with Crippen molar-refractivity contribution in [2.45, 2.75) is 41.5 Å². The van der Waals surface area contributed by atoms with E-state index in [-0.39, 0.29) is 16.0 Å². The molecule has 2 aromatic carbocycles. The van der Waals surface area contributed by atoms with Crippen LogP contribution in [-0.2, 0) is 0 Å². The lowest BCUT2D eigenvalue weighted by Gasteiger charge is -1.92. The van der Waals surface area contributed by atoms with Crippen molar-refractivity contribution in [3.8, 4) is 5.75 Å². The highest BCUT2D eigenvalue weighted by Gasteiger charge is 1.97. The van der Waals surface area contributed by atoms with Gasteiger partial charge in [-0.15, -0.1) is 25.3 Å². The maximum atomic E-state index is 10.5. The number of hydrogen-bond donors (Lipinski definition) is 3. The minimum atomic E-state index is -0.292. The third-order valence-corrected chi connectivity index (χ3v) is 2.65. The van der Waals surface area contributed by atoms with E-state index in [0.717, 1.165) is 11.8 Å². The van der Waals surface area contributed by atoms with Gasteiger partial charge in [0.05, 0.1) is 0 Å². The van der Waals surface area contributed by atoms with Crippen molar-refractivity contribution >= 4 is 35.5 Å². The van der Waals surface area contributed by atoms with Crippen LogP contribution < -0.4 is 0 Å². The summed E-state index contributed by atoms with van der Waals surface area (Å²) in [6, 6.07) is 14.9. The Labute approximate surface area is 175 Å². The van der Waals surface area contributed by atoms with Gasteiger partial charge in [0.1, 0.15) is 5.75 Å². The van der Waals surface area contributed by atoms with Crippen LogP contribution in [0.2, 0.25) is 0 Å². The maximum Gasteiger partial charge on any atom is 0.216 e. The monoisotopic (exact) mass is 408 g/mol. The highest BCUT2D eigenvalue weighted by molar-refractivity contribution is 7.97. The van der Waals surface area contributed by atoms with Gasteiger partial charge in [0.15, 0.2) is 0 Å². The smallest absolute Gasteiger partial charge is 0.216 e. The molecule has 3 nitrogen and oxygen atoms in total. The second-order valence-electron chi connectivity index (χ2n) is 6.99. The van der Waals surface area contributed by atoms with Crippen LogP contribution in [0.5, 0.6) is 5.75 Å². The lowest BCUT2D eigenvalue weighted by molar-refractivity contribution is 0.108. The van der Waals surface area contributed by atoms with Gasteiger partial charge in [-0.05, 0) is 36.1 Å². The SMILES string of the molecule is CC(C)C.CC(C)C.O=C(S)c1ccc(O)cc1.O=C(S)c1ccccc1. The number of carbonyl (C=O) groups excluding carboxylic acids is 2. The summed E-state index contributed by atoms with van der Waals surface area (Å²) in [5, 5.41) is 8.33. The summed E-state index contributed by atoms with van der Waals surface area (Å²) >= 11 is 7.25. The van der Waals surface area contributed by atoms with Gasteiger partial charge in [0.2, 0.25) is 10.2 Å². The summed E-state index contributed by atoms with van der Waals surface area (Å²) in [6.45, 7) is 13.0. The molecule has 0 saturated heterocycles. The number of phenolic OH excluding ortho intramolecular Hbond substituents is 1. The van der Waals surface area contributed by atoms with Crippen molar-refractivity contribution in [1.82, 2.24) is 0 Å². The van der Waals surface area contributed by atoms with E-state index in [0.29, 0.717) is 11.1 Å². The first kappa shape index (κ1) is 27.5. The first-order chi connectivity index (χ1) is 12.5. The molecule has 2 rings (SSSR count). The van der Waals surface area contributed by atoms with E-state index >= 15 is 0 Å². The van der Waals surface area contributed by atoms with E-state index in [1.807, 2.05) is 18.2 Å². The van der Waals surface area contributed by atoms with Gasteiger partial charge in [-0.25, -0.2) is 0 Å². The molecule has 0 aliphatic rings. The second-order valence-corrected chi connectivity index (χ2v) is 7.80. The predicted octanol–water partition coefficient (Wildman–Crippen LogP) is 6.54. The first-order valence-corrected chi connectivity index (χ1v) is 9.67. The number of benzene rings is 2. The Kier molecular flexibility index (Phi) is 16.8. The molecule has 150 valence electrons. The van der Waals surface area contributed by atoms with Crippen LogP contribution in [0.3, 0.4) is 0 Å². The minimum absolute atomic E-state index is 0.151. The van der Waals surface area contributed by atoms with Gasteiger partial charge in [-0.2, -0.15) is 0 Å². The summed E-state index contributed by atoms with van der Waals surface area (Å²) < 4.78 is 0. The molecule has 27 heavy (non-hydrogen) atoms. The molecule has 0 fully saturated rings. The van der Waals surface area contributed by atoms with Gasteiger partial charge >= 0.3 is 0 Å². The molecule has 0 amide bonds. The van der Waals surface area contributed by atoms with Crippen molar-refractivity contribution in [3.63, 3.8) is 0 Å². The van der Waals surface area contributed by atoms with Crippen molar-refractivity contribution < 1.29 is 14.7 Å². The molecule has 0 radical (unpaired) electrons. The van der Waals surface area contributed by atoms with Gasteiger partial charge in [-0.3, -0.25) is 9.59 Å². The largest absolute Gasteiger partial charge is 0.508 e. The van der Waals surface area contributed by atoms with Crippen molar-refractivity contribution in [2.24, 2.45) is 11.8 Å². The summed E-state index contributed by atoms with van der Waals surface area (Å²) in [4.78, 5) is 21.0. The second kappa shape index (κ2) is 16.5. The summed E-state index contributed by atoms with van der Waals surface area (Å²) in [6.07, 6.45) is 0. The molecule has 0 unspecified atom stereocenters. The van der Waals surface area contributed by atoms with Crippen molar-refractivity contribution in [1.29, 1.82) is 0 Å². The Morgan fingerprint density at radius 3 is 1.22 bits per heavy atom. The maximum absolute atomic E-state index is 10.5. The molecule has 0 spiro atoms. The van der Waals surface area contributed by atoms with Crippen LogP contribution in [-0.4, -0.2) is 15.3 Å². The van der Waals surface area contributed by atoms with Crippen LogP contribution >= 0.6 is 25.3 Å². The Hall–Kier alpha value is -1.72.